The van der Waals surface area contributed by atoms with Crippen molar-refractivity contribution in [2.45, 2.75) is 26.7 Å². The molecule has 0 spiro atoms. The van der Waals surface area contributed by atoms with Crippen LogP contribution < -0.4 is 11.3 Å². The van der Waals surface area contributed by atoms with E-state index in [0.29, 0.717) is 5.82 Å². The van der Waals surface area contributed by atoms with Crippen LogP contribution in [0.3, 0.4) is 0 Å². The van der Waals surface area contributed by atoms with E-state index in [4.69, 9.17) is 5.84 Å². The Kier molecular flexibility index (Phi) is 3.86. The van der Waals surface area contributed by atoms with Gasteiger partial charge in [-0.15, -0.1) is 11.3 Å². The Balaban J connectivity index is 2.28. The number of nitrogens with two attached hydrogens (primary N) is 1. The van der Waals surface area contributed by atoms with Gasteiger partial charge in [0.1, 0.15) is 11.2 Å². The van der Waals surface area contributed by atoms with Gasteiger partial charge in [0.15, 0.2) is 5.82 Å². The minimum atomic E-state index is 0.686. The molecule has 108 valence electrons. The van der Waals surface area contributed by atoms with Crippen LogP contribution in [0.2, 0.25) is 0 Å². The Morgan fingerprint density at radius 2 is 1.86 bits per heavy atom. The van der Waals surface area contributed by atoms with Crippen molar-refractivity contribution >= 4 is 27.4 Å². The molecule has 0 aliphatic heterocycles. The molecule has 0 atom stereocenters. The summed E-state index contributed by atoms with van der Waals surface area (Å²) in [5.41, 5.74) is 6.43. The fraction of sp³-hybridized carbons (Fsp3) is 0.250. The quantitative estimate of drug-likeness (QED) is 0.568. The zero-order chi connectivity index (χ0) is 14.8. The first-order valence-corrected chi connectivity index (χ1v) is 7.92. The third-order valence-corrected chi connectivity index (χ3v) is 4.91. The molecular weight excluding hydrogens is 280 g/mol. The lowest BCUT2D eigenvalue weighted by Gasteiger charge is -2.07. The van der Waals surface area contributed by atoms with Crippen LogP contribution in [0.25, 0.3) is 21.3 Å². The van der Waals surface area contributed by atoms with E-state index >= 15 is 0 Å². The fourth-order valence-electron chi connectivity index (χ4n) is 2.55. The van der Waals surface area contributed by atoms with E-state index in [1.165, 1.54) is 21.6 Å². The standard InChI is InChI=1S/C16H18N4S/c1-3-10-5-7-11(8-6-10)13-12(4-2)21-16-14(13)15(20-17)18-9-19-16/h5-9H,3-4,17H2,1-2H3,(H,18,19,20). The van der Waals surface area contributed by atoms with Gasteiger partial charge in [0.05, 0.1) is 5.39 Å². The van der Waals surface area contributed by atoms with Crippen molar-refractivity contribution in [3.8, 4) is 11.1 Å². The summed E-state index contributed by atoms with van der Waals surface area (Å²) in [7, 11) is 0. The van der Waals surface area contributed by atoms with Gasteiger partial charge >= 0.3 is 0 Å². The van der Waals surface area contributed by atoms with E-state index in [9.17, 15) is 0 Å². The summed E-state index contributed by atoms with van der Waals surface area (Å²) in [6.45, 7) is 4.33. The van der Waals surface area contributed by atoms with Crippen LogP contribution in [0.1, 0.15) is 24.3 Å². The van der Waals surface area contributed by atoms with Gasteiger partial charge in [0.25, 0.3) is 0 Å². The number of hydrogen-bond donors (Lipinski definition) is 2. The number of hydrazine groups is 1. The fourth-order valence-corrected chi connectivity index (χ4v) is 3.65. The van der Waals surface area contributed by atoms with Crippen molar-refractivity contribution in [1.29, 1.82) is 0 Å². The zero-order valence-electron chi connectivity index (χ0n) is 12.2. The molecule has 5 heteroatoms. The second kappa shape index (κ2) is 5.79. The summed E-state index contributed by atoms with van der Waals surface area (Å²) < 4.78 is 0. The highest BCUT2D eigenvalue weighted by atomic mass is 32.1. The molecule has 0 aliphatic carbocycles. The Morgan fingerprint density at radius 3 is 2.48 bits per heavy atom. The van der Waals surface area contributed by atoms with Crippen molar-refractivity contribution in [2.24, 2.45) is 5.84 Å². The SMILES string of the molecule is CCc1ccc(-c2c(CC)sc3ncnc(NN)c23)cc1. The Hall–Kier alpha value is -1.98. The minimum absolute atomic E-state index is 0.686. The van der Waals surface area contributed by atoms with Crippen molar-refractivity contribution in [3.05, 3.63) is 41.0 Å². The highest BCUT2D eigenvalue weighted by Gasteiger charge is 2.17. The number of rotatable bonds is 4. The number of nitrogen functional groups attached to an aromatic ring is 1. The predicted octanol–water partition coefficient (Wildman–Crippen LogP) is 3.77. The maximum atomic E-state index is 5.62. The van der Waals surface area contributed by atoms with Gasteiger partial charge in [-0.25, -0.2) is 15.8 Å². The first-order chi connectivity index (χ1) is 10.3. The summed E-state index contributed by atoms with van der Waals surface area (Å²) in [5.74, 6) is 6.31. The predicted molar refractivity (Wildman–Crippen MR) is 89.4 cm³/mol. The number of hydrogen-bond acceptors (Lipinski definition) is 5. The molecule has 2 aromatic heterocycles. The van der Waals surface area contributed by atoms with Gasteiger partial charge in [0, 0.05) is 10.4 Å². The van der Waals surface area contributed by atoms with Crippen LogP contribution in [0.15, 0.2) is 30.6 Å². The van der Waals surface area contributed by atoms with Gasteiger partial charge < -0.3 is 5.43 Å². The van der Waals surface area contributed by atoms with Gasteiger partial charge in [0.2, 0.25) is 0 Å². The van der Waals surface area contributed by atoms with Crippen LogP contribution in [-0.4, -0.2) is 9.97 Å². The average molecular weight is 298 g/mol. The normalized spacial score (nSPS) is 11.0. The minimum Gasteiger partial charge on any atom is -0.308 e. The molecule has 0 saturated heterocycles. The van der Waals surface area contributed by atoms with E-state index in [2.05, 4.69) is 53.5 Å². The maximum absolute atomic E-state index is 5.62. The molecule has 1 aromatic carbocycles. The Morgan fingerprint density at radius 1 is 1.10 bits per heavy atom. The third kappa shape index (κ3) is 2.39. The van der Waals surface area contributed by atoms with Crippen LogP contribution >= 0.6 is 11.3 Å². The maximum Gasteiger partial charge on any atom is 0.152 e. The number of benzene rings is 1. The lowest BCUT2D eigenvalue weighted by atomic mass is 10.0. The lowest BCUT2D eigenvalue weighted by molar-refractivity contribution is 1.14. The lowest BCUT2D eigenvalue weighted by Crippen LogP contribution is -2.09. The Bertz CT molecular complexity index is 762. The molecule has 0 bridgehead atoms. The smallest absolute Gasteiger partial charge is 0.152 e. The molecule has 0 radical (unpaired) electrons. The van der Waals surface area contributed by atoms with E-state index in [-0.39, 0.29) is 0 Å². The molecule has 3 rings (SSSR count). The van der Waals surface area contributed by atoms with Crippen LogP contribution in [0, 0.1) is 0 Å². The summed E-state index contributed by atoms with van der Waals surface area (Å²) in [4.78, 5) is 10.9. The second-order valence-electron chi connectivity index (χ2n) is 4.85. The molecule has 4 nitrogen and oxygen atoms in total. The second-order valence-corrected chi connectivity index (χ2v) is 5.93. The number of aromatic nitrogens is 2. The third-order valence-electron chi connectivity index (χ3n) is 3.67. The molecule has 3 N–H and O–H groups in total. The van der Waals surface area contributed by atoms with Crippen molar-refractivity contribution in [2.75, 3.05) is 5.43 Å². The number of fused-ring (bicyclic) bond motifs is 1. The van der Waals surface area contributed by atoms with Crippen molar-refractivity contribution < 1.29 is 0 Å². The summed E-state index contributed by atoms with van der Waals surface area (Å²) in [6, 6.07) is 8.70. The van der Waals surface area contributed by atoms with Gasteiger partial charge in [-0.05, 0) is 24.0 Å². The first kappa shape index (κ1) is 14.0. The topological polar surface area (TPSA) is 63.8 Å². The molecule has 0 unspecified atom stereocenters. The highest BCUT2D eigenvalue weighted by molar-refractivity contribution is 7.19. The molecule has 0 aliphatic rings. The number of nitrogens with zero attached hydrogens (tertiary/aromatic N) is 2. The van der Waals surface area contributed by atoms with Crippen LogP contribution in [0.4, 0.5) is 5.82 Å². The van der Waals surface area contributed by atoms with Gasteiger partial charge in [-0.2, -0.15) is 0 Å². The number of aryl methyl sites for hydroxylation is 2. The molecule has 0 saturated carbocycles. The largest absolute Gasteiger partial charge is 0.308 e. The van der Waals surface area contributed by atoms with Crippen LogP contribution in [0.5, 0.6) is 0 Å². The number of anilines is 1. The highest BCUT2D eigenvalue weighted by Crippen LogP contribution is 2.40. The Labute approximate surface area is 128 Å². The van der Waals surface area contributed by atoms with E-state index in [1.807, 2.05) is 0 Å². The van der Waals surface area contributed by atoms with Gasteiger partial charge in [-0.1, -0.05) is 38.1 Å². The summed E-state index contributed by atoms with van der Waals surface area (Å²) >= 11 is 1.71. The van der Waals surface area contributed by atoms with Crippen LogP contribution in [-0.2, 0) is 12.8 Å². The molecular formula is C16H18N4S. The zero-order valence-corrected chi connectivity index (χ0v) is 13.0. The molecule has 2 heterocycles. The summed E-state index contributed by atoms with van der Waals surface area (Å²) in [6.07, 6.45) is 3.57. The van der Waals surface area contributed by atoms with Crippen molar-refractivity contribution in [1.82, 2.24) is 9.97 Å². The molecule has 21 heavy (non-hydrogen) atoms. The molecule has 0 fully saturated rings. The first-order valence-electron chi connectivity index (χ1n) is 7.10. The monoisotopic (exact) mass is 298 g/mol. The summed E-state index contributed by atoms with van der Waals surface area (Å²) in [5, 5.41) is 1.02. The van der Waals surface area contributed by atoms with Crippen molar-refractivity contribution in [3.63, 3.8) is 0 Å². The van der Waals surface area contributed by atoms with E-state index in [1.54, 1.807) is 17.7 Å². The van der Waals surface area contributed by atoms with Gasteiger partial charge in [-0.3, -0.25) is 0 Å². The number of nitrogens with one attached hydrogen (secondary N) is 1. The molecule has 0 amide bonds. The van der Waals surface area contributed by atoms with E-state index in [0.717, 1.165) is 23.1 Å². The molecule has 3 aromatic rings. The number of thiophene rings is 1. The van der Waals surface area contributed by atoms with E-state index < -0.39 is 0 Å². The average Bonchev–Trinajstić information content (AvgIpc) is 2.93.